The van der Waals surface area contributed by atoms with Crippen molar-refractivity contribution in [1.82, 2.24) is 20.5 Å². The number of nitrogens with one attached hydrogen (secondary N) is 2. The summed E-state index contributed by atoms with van der Waals surface area (Å²) in [6.07, 6.45) is 3.73. The molecule has 1 aromatic heterocycles. The normalized spacial score (nSPS) is 16.9. The van der Waals surface area contributed by atoms with Gasteiger partial charge in [-0.1, -0.05) is 12.1 Å². The van der Waals surface area contributed by atoms with Gasteiger partial charge in [-0.05, 0) is 35.7 Å². The molecule has 4 rings (SSSR count). The third-order valence-electron chi connectivity index (χ3n) is 5.97. The lowest BCUT2D eigenvalue weighted by molar-refractivity contribution is -0.138. The summed E-state index contributed by atoms with van der Waals surface area (Å²) in [7, 11) is 0. The van der Waals surface area contributed by atoms with E-state index in [1.54, 1.807) is 18.3 Å². The van der Waals surface area contributed by atoms with Gasteiger partial charge in [0.15, 0.2) is 0 Å². The number of rotatable bonds is 7. The van der Waals surface area contributed by atoms with Crippen molar-refractivity contribution in [3.8, 4) is 0 Å². The Kier molecular flexibility index (Phi) is 6.65. The monoisotopic (exact) mass is 437 g/mol. The molecule has 0 spiro atoms. The number of anilines is 1. The lowest BCUT2D eigenvalue weighted by Gasteiger charge is -2.32. The molecule has 2 amide bonds. The standard InChI is InChI=1S/C23H27N5O4/c29-21(26-14-20(23(31)32)17-2-1-6-25-13-17)15-28-9-5-16-3-4-18(12-19(16)22(28)30)27-10-7-24-8-11-27/h1-4,6,12-13,20,24H,5,7-11,14-15H2,(H,26,29)(H,31,32)/t20-/m1/s1. The molecule has 2 aromatic rings. The molecule has 1 fully saturated rings. The number of pyridine rings is 1. The van der Waals surface area contributed by atoms with Crippen LogP contribution in [0, 0.1) is 0 Å². The van der Waals surface area contributed by atoms with Gasteiger partial charge in [0.05, 0.1) is 6.54 Å². The van der Waals surface area contributed by atoms with E-state index in [0.29, 0.717) is 24.1 Å². The number of piperazine rings is 1. The molecule has 168 valence electrons. The SMILES string of the molecule is O=C(CN1CCc2ccc(N3CCNCC3)cc2C1=O)NC[C@@H](C(=O)O)c1cccnc1. The zero-order valence-corrected chi connectivity index (χ0v) is 17.8. The number of carboxylic acids is 1. The van der Waals surface area contributed by atoms with Crippen LogP contribution in [0.4, 0.5) is 5.69 Å². The first-order valence-corrected chi connectivity index (χ1v) is 10.8. The van der Waals surface area contributed by atoms with Crippen molar-refractivity contribution in [1.29, 1.82) is 0 Å². The predicted octanol–water partition coefficient (Wildman–Crippen LogP) is 0.474. The number of hydrogen-bond acceptors (Lipinski definition) is 6. The van der Waals surface area contributed by atoms with Gasteiger partial charge in [-0.2, -0.15) is 0 Å². The summed E-state index contributed by atoms with van der Waals surface area (Å²) in [6.45, 7) is 3.89. The summed E-state index contributed by atoms with van der Waals surface area (Å²) in [4.78, 5) is 44.9. The van der Waals surface area contributed by atoms with E-state index < -0.39 is 11.9 Å². The van der Waals surface area contributed by atoms with Gasteiger partial charge in [0, 0.05) is 62.9 Å². The fourth-order valence-electron chi connectivity index (χ4n) is 4.15. The van der Waals surface area contributed by atoms with E-state index in [1.807, 2.05) is 12.1 Å². The van der Waals surface area contributed by atoms with Crippen molar-refractivity contribution < 1.29 is 19.5 Å². The number of aliphatic carboxylic acids is 1. The zero-order chi connectivity index (χ0) is 22.5. The van der Waals surface area contributed by atoms with Crippen LogP contribution in [0.3, 0.4) is 0 Å². The molecule has 2 aliphatic rings. The third-order valence-corrected chi connectivity index (χ3v) is 5.97. The quantitative estimate of drug-likeness (QED) is 0.577. The Balaban J connectivity index is 1.38. The Bertz CT molecular complexity index is 991. The Morgan fingerprint density at radius 1 is 1.19 bits per heavy atom. The first-order chi connectivity index (χ1) is 15.5. The number of amides is 2. The summed E-state index contributed by atoms with van der Waals surface area (Å²) in [5, 5.41) is 15.5. The summed E-state index contributed by atoms with van der Waals surface area (Å²) >= 11 is 0. The largest absolute Gasteiger partial charge is 0.481 e. The summed E-state index contributed by atoms with van der Waals surface area (Å²) < 4.78 is 0. The molecule has 0 aliphatic carbocycles. The summed E-state index contributed by atoms with van der Waals surface area (Å²) in [5.74, 6) is -2.48. The van der Waals surface area contributed by atoms with Crippen molar-refractivity contribution in [2.75, 3.05) is 50.7 Å². The van der Waals surface area contributed by atoms with E-state index in [1.165, 1.54) is 11.1 Å². The maximum absolute atomic E-state index is 13.1. The average molecular weight is 438 g/mol. The summed E-state index contributed by atoms with van der Waals surface area (Å²) in [5.41, 5.74) is 3.17. The first kappa shape index (κ1) is 21.8. The Morgan fingerprint density at radius 2 is 2.00 bits per heavy atom. The van der Waals surface area contributed by atoms with E-state index in [2.05, 4.69) is 26.6 Å². The molecule has 0 radical (unpaired) electrons. The van der Waals surface area contributed by atoms with Gasteiger partial charge in [-0.15, -0.1) is 0 Å². The van der Waals surface area contributed by atoms with Crippen LogP contribution in [0.15, 0.2) is 42.7 Å². The van der Waals surface area contributed by atoms with Gasteiger partial charge in [0.25, 0.3) is 5.91 Å². The number of carboxylic acid groups (broad SMARTS) is 1. The lowest BCUT2D eigenvalue weighted by atomic mass is 9.97. The number of fused-ring (bicyclic) bond motifs is 1. The molecule has 0 bridgehead atoms. The molecule has 3 heterocycles. The molecule has 32 heavy (non-hydrogen) atoms. The van der Waals surface area contributed by atoms with Crippen molar-refractivity contribution in [2.45, 2.75) is 12.3 Å². The highest BCUT2D eigenvalue weighted by atomic mass is 16.4. The van der Waals surface area contributed by atoms with Crippen LogP contribution in [-0.4, -0.2) is 78.6 Å². The van der Waals surface area contributed by atoms with Crippen molar-refractivity contribution in [2.24, 2.45) is 0 Å². The van der Waals surface area contributed by atoms with Crippen molar-refractivity contribution >= 4 is 23.5 Å². The van der Waals surface area contributed by atoms with Crippen LogP contribution < -0.4 is 15.5 Å². The minimum absolute atomic E-state index is 0.0639. The second-order valence-corrected chi connectivity index (χ2v) is 8.04. The van der Waals surface area contributed by atoms with E-state index >= 15 is 0 Å². The highest BCUT2D eigenvalue weighted by molar-refractivity contribution is 5.99. The average Bonchev–Trinajstić information content (AvgIpc) is 2.82. The first-order valence-electron chi connectivity index (χ1n) is 10.8. The Hall–Kier alpha value is -3.46. The lowest BCUT2D eigenvalue weighted by Crippen LogP contribution is -2.46. The van der Waals surface area contributed by atoms with Gasteiger partial charge in [-0.3, -0.25) is 19.4 Å². The molecule has 0 saturated carbocycles. The van der Waals surface area contributed by atoms with Crippen LogP contribution in [-0.2, 0) is 16.0 Å². The molecule has 1 saturated heterocycles. The number of benzene rings is 1. The summed E-state index contributed by atoms with van der Waals surface area (Å²) in [6, 6.07) is 9.32. The van der Waals surface area contributed by atoms with E-state index in [9.17, 15) is 19.5 Å². The van der Waals surface area contributed by atoms with E-state index in [0.717, 1.165) is 37.4 Å². The van der Waals surface area contributed by atoms with Gasteiger partial charge >= 0.3 is 5.97 Å². The minimum atomic E-state index is -1.04. The molecule has 9 heteroatoms. The zero-order valence-electron chi connectivity index (χ0n) is 17.8. The molecular weight excluding hydrogens is 410 g/mol. The third kappa shape index (κ3) is 4.88. The molecule has 1 aromatic carbocycles. The van der Waals surface area contributed by atoms with Gasteiger partial charge in [0.2, 0.25) is 5.91 Å². The maximum atomic E-state index is 13.1. The molecule has 0 unspecified atom stereocenters. The van der Waals surface area contributed by atoms with Crippen LogP contribution >= 0.6 is 0 Å². The minimum Gasteiger partial charge on any atom is -0.481 e. The fourth-order valence-corrected chi connectivity index (χ4v) is 4.15. The van der Waals surface area contributed by atoms with Gasteiger partial charge in [-0.25, -0.2) is 0 Å². The smallest absolute Gasteiger partial charge is 0.312 e. The predicted molar refractivity (Wildman–Crippen MR) is 119 cm³/mol. The van der Waals surface area contributed by atoms with E-state index in [-0.39, 0.29) is 24.9 Å². The fraction of sp³-hybridized carbons (Fsp3) is 0.391. The maximum Gasteiger partial charge on any atom is 0.312 e. The number of hydrogen-bond donors (Lipinski definition) is 3. The van der Waals surface area contributed by atoms with Crippen molar-refractivity contribution in [3.63, 3.8) is 0 Å². The molecule has 1 atom stereocenters. The molecule has 9 nitrogen and oxygen atoms in total. The van der Waals surface area contributed by atoms with Crippen LogP contribution in [0.1, 0.15) is 27.4 Å². The van der Waals surface area contributed by atoms with Crippen LogP contribution in [0.5, 0.6) is 0 Å². The molecular formula is C23H27N5O4. The second kappa shape index (κ2) is 9.78. The topological polar surface area (TPSA) is 115 Å². The number of nitrogens with zero attached hydrogens (tertiary/aromatic N) is 3. The van der Waals surface area contributed by atoms with Crippen LogP contribution in [0.2, 0.25) is 0 Å². The van der Waals surface area contributed by atoms with E-state index in [4.69, 9.17) is 0 Å². The second-order valence-electron chi connectivity index (χ2n) is 8.04. The highest BCUT2D eigenvalue weighted by Crippen LogP contribution is 2.25. The van der Waals surface area contributed by atoms with Crippen LogP contribution in [0.25, 0.3) is 0 Å². The number of carbonyl (C=O) groups is 3. The molecule has 3 N–H and O–H groups in total. The molecule has 2 aliphatic heterocycles. The van der Waals surface area contributed by atoms with Gasteiger partial charge < -0.3 is 25.5 Å². The highest BCUT2D eigenvalue weighted by Gasteiger charge is 2.28. The Morgan fingerprint density at radius 3 is 2.72 bits per heavy atom. The Labute approximate surface area is 186 Å². The van der Waals surface area contributed by atoms with Crippen molar-refractivity contribution in [3.05, 3.63) is 59.4 Å². The number of aromatic nitrogens is 1. The van der Waals surface area contributed by atoms with Gasteiger partial charge in [0.1, 0.15) is 5.92 Å². The number of carbonyl (C=O) groups excluding carboxylic acids is 2.